The Morgan fingerprint density at radius 1 is 0.526 bits per heavy atom. The van der Waals surface area contributed by atoms with Crippen LogP contribution in [0.5, 0.6) is 0 Å². The van der Waals surface area contributed by atoms with E-state index in [1.54, 1.807) is 0 Å². The quantitative estimate of drug-likeness (QED) is 0.327. The summed E-state index contributed by atoms with van der Waals surface area (Å²) in [5.74, 6) is -2.50. The minimum absolute atomic E-state index is 0. The fourth-order valence-corrected chi connectivity index (χ4v) is 0. The molecule has 0 aliphatic carbocycles. The average molecular weight is 447 g/mol. The van der Waals surface area contributed by atoms with Gasteiger partial charge in [0.05, 0.1) is 0 Å². The first-order chi connectivity index (χ1) is 5.20. The van der Waals surface area contributed by atoms with Crippen molar-refractivity contribution in [2.24, 2.45) is 0 Å². The molecule has 0 aromatic heterocycles. The van der Waals surface area contributed by atoms with E-state index in [0.717, 1.165) is 20.8 Å². The molecule has 0 bridgehead atoms. The molecule has 1 radical (unpaired) electrons. The number of carboxylic acids is 3. The maximum atomic E-state index is 9.00. The van der Waals surface area contributed by atoms with Gasteiger partial charge in [0.1, 0.15) is 0 Å². The van der Waals surface area contributed by atoms with Gasteiger partial charge in [-0.1, -0.05) is 0 Å². The third kappa shape index (κ3) is 14100. The SMILES string of the molecule is CC(=O)O.CC(=O)O.CC(=O)O.O.O.O.O.O.O.[Tb]. The normalized spacial score (nSPS) is 3.95. The van der Waals surface area contributed by atoms with Gasteiger partial charge in [0, 0.05) is 59.4 Å². The van der Waals surface area contributed by atoms with Crippen molar-refractivity contribution in [3.63, 3.8) is 0 Å². The summed E-state index contributed by atoms with van der Waals surface area (Å²) in [6.07, 6.45) is 0. The topological polar surface area (TPSA) is 301 Å². The van der Waals surface area contributed by atoms with E-state index in [0.29, 0.717) is 0 Å². The molecule has 0 spiro atoms. The van der Waals surface area contributed by atoms with E-state index >= 15 is 0 Å². The summed E-state index contributed by atoms with van der Waals surface area (Å²) in [7, 11) is 0. The van der Waals surface area contributed by atoms with E-state index in [4.69, 9.17) is 29.7 Å². The van der Waals surface area contributed by atoms with Crippen LogP contribution in [0.3, 0.4) is 0 Å². The molecular weight excluding hydrogens is 423 g/mol. The van der Waals surface area contributed by atoms with Gasteiger partial charge in [-0.3, -0.25) is 14.4 Å². The minimum Gasteiger partial charge on any atom is -0.481 e. The third-order valence-corrected chi connectivity index (χ3v) is 0. The Hall–Kier alpha value is -0.544. The van der Waals surface area contributed by atoms with E-state index in [9.17, 15) is 0 Å². The maximum Gasteiger partial charge on any atom is 0.300 e. The molecule has 0 heterocycles. The summed E-state index contributed by atoms with van der Waals surface area (Å²) in [6.45, 7) is 3.25. The smallest absolute Gasteiger partial charge is 0.300 e. The molecule has 0 saturated carbocycles. The van der Waals surface area contributed by atoms with Crippen molar-refractivity contribution in [2.45, 2.75) is 20.8 Å². The molecule has 0 aromatic carbocycles. The van der Waals surface area contributed by atoms with E-state index in [1.165, 1.54) is 0 Å². The molecule has 12 nitrogen and oxygen atoms in total. The Kier molecular flexibility index (Phi) is 274. The van der Waals surface area contributed by atoms with E-state index in [2.05, 4.69) is 0 Å². The molecule has 0 unspecified atom stereocenters. The Bertz CT molecular complexity index is 120. The van der Waals surface area contributed by atoms with Crippen LogP contribution in [0.1, 0.15) is 20.8 Å². The molecular formula is C6H24O12Tb. The summed E-state index contributed by atoms with van der Waals surface area (Å²) >= 11 is 0. The van der Waals surface area contributed by atoms with Gasteiger partial charge in [0.2, 0.25) is 0 Å². The number of hydrogen-bond donors (Lipinski definition) is 3. The molecule has 0 rings (SSSR count). The van der Waals surface area contributed by atoms with E-state index < -0.39 is 17.9 Å². The summed E-state index contributed by atoms with van der Waals surface area (Å²) in [6, 6.07) is 0. The van der Waals surface area contributed by atoms with Gasteiger partial charge in [0.25, 0.3) is 17.9 Å². The zero-order valence-electron chi connectivity index (χ0n) is 10.4. The number of carbonyl (C=O) groups is 3. The van der Waals surface area contributed by atoms with Crippen molar-refractivity contribution in [1.82, 2.24) is 0 Å². The first kappa shape index (κ1) is 78.7. The second kappa shape index (κ2) is 66.1. The predicted octanol–water partition coefficient (Wildman–Crippen LogP) is -4.68. The van der Waals surface area contributed by atoms with Crippen LogP contribution < -0.4 is 0 Å². The molecule has 19 heavy (non-hydrogen) atoms. The molecule has 0 fully saturated rings. The van der Waals surface area contributed by atoms with Crippen molar-refractivity contribution in [1.29, 1.82) is 0 Å². The molecule has 15 N–H and O–H groups in total. The second-order valence-electron chi connectivity index (χ2n) is 1.56. The van der Waals surface area contributed by atoms with E-state index in [1.807, 2.05) is 0 Å². The van der Waals surface area contributed by atoms with Crippen molar-refractivity contribution < 1.29 is 101 Å². The zero-order chi connectivity index (χ0) is 10.7. The van der Waals surface area contributed by atoms with Crippen molar-refractivity contribution in [3.05, 3.63) is 0 Å². The van der Waals surface area contributed by atoms with Crippen LogP contribution >= 0.6 is 0 Å². The second-order valence-corrected chi connectivity index (χ2v) is 1.56. The van der Waals surface area contributed by atoms with Crippen molar-refractivity contribution in [3.8, 4) is 0 Å². The van der Waals surface area contributed by atoms with Crippen molar-refractivity contribution >= 4 is 17.9 Å². The Morgan fingerprint density at radius 3 is 0.526 bits per heavy atom. The molecule has 0 aliphatic heterocycles. The molecule has 129 valence electrons. The first-order valence-corrected chi connectivity index (χ1v) is 2.78. The van der Waals surface area contributed by atoms with Gasteiger partial charge in [-0.25, -0.2) is 0 Å². The largest absolute Gasteiger partial charge is 0.481 e. The van der Waals surface area contributed by atoms with Gasteiger partial charge >= 0.3 is 0 Å². The predicted molar refractivity (Wildman–Crippen MR) is 61.6 cm³/mol. The molecule has 13 heteroatoms. The first-order valence-electron chi connectivity index (χ1n) is 2.78. The zero-order valence-corrected chi connectivity index (χ0v) is 12.5. The number of carboxylic acid groups (broad SMARTS) is 3. The van der Waals surface area contributed by atoms with Crippen LogP contribution in [0, 0.1) is 38.6 Å². The van der Waals surface area contributed by atoms with Crippen LogP contribution in [-0.4, -0.2) is 66.1 Å². The maximum absolute atomic E-state index is 9.00. The number of aliphatic carboxylic acids is 3. The monoisotopic (exact) mass is 447 g/mol. The van der Waals surface area contributed by atoms with Crippen LogP contribution in [0.4, 0.5) is 0 Å². The Labute approximate surface area is 139 Å². The average Bonchev–Trinajstić information content (AvgIpc) is 1.54. The number of rotatable bonds is 0. The van der Waals surface area contributed by atoms with Crippen LogP contribution in [0.15, 0.2) is 0 Å². The molecule has 0 saturated heterocycles. The third-order valence-electron chi connectivity index (χ3n) is 0. The van der Waals surface area contributed by atoms with Crippen LogP contribution in [-0.2, 0) is 14.4 Å². The minimum atomic E-state index is -0.833. The summed E-state index contributed by atoms with van der Waals surface area (Å²) < 4.78 is 0. The summed E-state index contributed by atoms with van der Waals surface area (Å²) in [5.41, 5.74) is 0. The summed E-state index contributed by atoms with van der Waals surface area (Å²) in [4.78, 5) is 27.0. The Balaban J connectivity index is -0.00000000675. The van der Waals surface area contributed by atoms with Gasteiger partial charge in [-0.05, 0) is 0 Å². The summed E-state index contributed by atoms with van der Waals surface area (Å²) in [5, 5.41) is 22.2. The fourth-order valence-electron chi connectivity index (χ4n) is 0. The van der Waals surface area contributed by atoms with Gasteiger partial charge in [-0.15, -0.1) is 0 Å². The molecule has 0 aromatic rings. The molecule has 0 atom stereocenters. The molecule has 0 amide bonds. The molecule has 0 aliphatic rings. The van der Waals surface area contributed by atoms with Crippen LogP contribution in [0.25, 0.3) is 0 Å². The van der Waals surface area contributed by atoms with Crippen LogP contribution in [0.2, 0.25) is 0 Å². The number of hydrogen-bond acceptors (Lipinski definition) is 3. The van der Waals surface area contributed by atoms with E-state index in [-0.39, 0.29) is 71.5 Å². The van der Waals surface area contributed by atoms with Gasteiger partial charge < -0.3 is 48.2 Å². The standard InChI is InChI=1S/3C2H4O2.6H2O.Tb/c3*1-2(3)4;;;;;;;/h3*1H3,(H,3,4);6*1H2;. The fraction of sp³-hybridized carbons (Fsp3) is 0.500. The van der Waals surface area contributed by atoms with Gasteiger partial charge in [-0.2, -0.15) is 0 Å². The van der Waals surface area contributed by atoms with Crippen molar-refractivity contribution in [2.75, 3.05) is 0 Å². The Morgan fingerprint density at radius 2 is 0.526 bits per heavy atom. The van der Waals surface area contributed by atoms with Gasteiger partial charge in [0.15, 0.2) is 0 Å².